The monoisotopic (exact) mass is 292 g/mol. The van der Waals surface area contributed by atoms with Crippen molar-refractivity contribution in [1.82, 2.24) is 4.90 Å². The predicted molar refractivity (Wildman–Crippen MR) is 82.5 cm³/mol. The second-order valence-electron chi connectivity index (χ2n) is 5.30. The Bertz CT molecular complexity index is 490. The number of aryl methyl sites for hydroxylation is 1. The van der Waals surface area contributed by atoms with Gasteiger partial charge in [-0.05, 0) is 56.4 Å². The molecule has 1 heterocycles. The van der Waals surface area contributed by atoms with Crippen LogP contribution in [0.1, 0.15) is 31.7 Å². The largest absolute Gasteiger partial charge is 0.496 e. The zero-order valence-electron chi connectivity index (χ0n) is 12.8. The summed E-state index contributed by atoms with van der Waals surface area (Å²) in [5.41, 5.74) is 7.67. The highest BCUT2D eigenvalue weighted by atomic mass is 16.6. The van der Waals surface area contributed by atoms with E-state index in [0.29, 0.717) is 6.61 Å². The van der Waals surface area contributed by atoms with Crippen LogP contribution in [0, 0.1) is 0 Å². The molecule has 1 fully saturated rings. The quantitative estimate of drug-likeness (QED) is 0.848. The summed E-state index contributed by atoms with van der Waals surface area (Å²) in [6, 6.07) is 5.92. The Labute approximate surface area is 126 Å². The minimum Gasteiger partial charge on any atom is -0.496 e. The molecule has 2 N–H and O–H groups in total. The molecule has 5 heteroatoms. The number of nitrogens with two attached hydrogens (primary N) is 1. The fourth-order valence-electron chi connectivity index (χ4n) is 2.90. The smallest absolute Gasteiger partial charge is 0.409 e. The molecule has 1 aliphatic rings. The maximum Gasteiger partial charge on any atom is 0.409 e. The number of ether oxygens (including phenoxy) is 2. The van der Waals surface area contributed by atoms with Gasteiger partial charge in [0, 0.05) is 18.3 Å². The van der Waals surface area contributed by atoms with Crippen LogP contribution in [0.2, 0.25) is 0 Å². The van der Waals surface area contributed by atoms with Crippen molar-refractivity contribution in [3.8, 4) is 5.75 Å². The van der Waals surface area contributed by atoms with Crippen molar-refractivity contribution in [3.05, 3.63) is 23.8 Å². The van der Waals surface area contributed by atoms with Crippen molar-refractivity contribution in [1.29, 1.82) is 0 Å². The minimum absolute atomic E-state index is 0.195. The van der Waals surface area contributed by atoms with Crippen LogP contribution in [0.15, 0.2) is 18.2 Å². The van der Waals surface area contributed by atoms with Crippen molar-refractivity contribution in [3.63, 3.8) is 0 Å². The van der Waals surface area contributed by atoms with Crippen molar-refractivity contribution >= 4 is 11.8 Å². The average Bonchev–Trinajstić information content (AvgIpc) is 2.94. The highest BCUT2D eigenvalue weighted by Crippen LogP contribution is 2.27. The van der Waals surface area contributed by atoms with Gasteiger partial charge in [0.15, 0.2) is 0 Å². The second kappa shape index (κ2) is 7.20. The number of likely N-dealkylation sites (tertiary alicyclic amines) is 1. The highest BCUT2D eigenvalue weighted by molar-refractivity contribution is 5.68. The molecule has 1 atom stereocenters. The lowest BCUT2D eigenvalue weighted by Crippen LogP contribution is -2.36. The van der Waals surface area contributed by atoms with Crippen LogP contribution in [0.5, 0.6) is 5.75 Å². The summed E-state index contributed by atoms with van der Waals surface area (Å²) < 4.78 is 10.5. The fourth-order valence-corrected chi connectivity index (χ4v) is 2.90. The number of anilines is 1. The summed E-state index contributed by atoms with van der Waals surface area (Å²) >= 11 is 0. The molecule has 1 unspecified atom stereocenters. The maximum absolute atomic E-state index is 11.9. The van der Waals surface area contributed by atoms with Crippen LogP contribution in [-0.2, 0) is 11.2 Å². The molecule has 0 bridgehead atoms. The number of hydrogen-bond acceptors (Lipinski definition) is 4. The zero-order valence-corrected chi connectivity index (χ0v) is 12.8. The van der Waals surface area contributed by atoms with Gasteiger partial charge in [0.2, 0.25) is 0 Å². The van der Waals surface area contributed by atoms with E-state index in [1.54, 1.807) is 7.11 Å². The standard InChI is InChI=1S/C16H24N2O3/c1-3-21-16(19)18-10-4-5-14(18)8-6-12-11-13(17)7-9-15(12)20-2/h7,9,11,14H,3-6,8,10,17H2,1-2H3. The third-order valence-corrected chi connectivity index (χ3v) is 3.93. The number of amides is 1. The molecule has 1 aliphatic heterocycles. The minimum atomic E-state index is -0.195. The Kier molecular flexibility index (Phi) is 5.31. The van der Waals surface area contributed by atoms with Crippen LogP contribution >= 0.6 is 0 Å². The van der Waals surface area contributed by atoms with Gasteiger partial charge in [0.25, 0.3) is 0 Å². The van der Waals surface area contributed by atoms with Gasteiger partial charge in [0.1, 0.15) is 5.75 Å². The molecular weight excluding hydrogens is 268 g/mol. The molecule has 1 aromatic carbocycles. The van der Waals surface area contributed by atoms with Crippen LogP contribution in [-0.4, -0.2) is 37.3 Å². The molecule has 1 aromatic rings. The van der Waals surface area contributed by atoms with Crippen LogP contribution in [0.3, 0.4) is 0 Å². The van der Waals surface area contributed by atoms with Crippen molar-refractivity contribution in [2.75, 3.05) is 26.0 Å². The first-order valence-electron chi connectivity index (χ1n) is 7.51. The van der Waals surface area contributed by atoms with Gasteiger partial charge in [-0.2, -0.15) is 0 Å². The van der Waals surface area contributed by atoms with E-state index in [0.717, 1.165) is 49.2 Å². The molecular formula is C16H24N2O3. The lowest BCUT2D eigenvalue weighted by molar-refractivity contribution is 0.101. The number of hydrogen-bond donors (Lipinski definition) is 1. The van der Waals surface area contributed by atoms with Gasteiger partial charge in [-0.15, -0.1) is 0 Å². The molecule has 0 aromatic heterocycles. The van der Waals surface area contributed by atoms with E-state index in [1.165, 1.54) is 0 Å². The molecule has 0 spiro atoms. The number of nitrogens with zero attached hydrogens (tertiary/aromatic N) is 1. The van der Waals surface area contributed by atoms with Gasteiger partial charge in [-0.3, -0.25) is 0 Å². The highest BCUT2D eigenvalue weighted by Gasteiger charge is 2.29. The van der Waals surface area contributed by atoms with Crippen molar-refractivity contribution in [2.45, 2.75) is 38.6 Å². The lowest BCUT2D eigenvalue weighted by atomic mass is 10.0. The Morgan fingerprint density at radius 1 is 1.48 bits per heavy atom. The molecule has 1 amide bonds. The number of nitrogen functional groups attached to an aromatic ring is 1. The van der Waals surface area contributed by atoms with E-state index in [9.17, 15) is 4.79 Å². The molecule has 116 valence electrons. The van der Waals surface area contributed by atoms with Gasteiger partial charge >= 0.3 is 6.09 Å². The maximum atomic E-state index is 11.9. The Hall–Kier alpha value is -1.91. The third-order valence-electron chi connectivity index (χ3n) is 3.93. The molecule has 0 radical (unpaired) electrons. The molecule has 5 nitrogen and oxygen atoms in total. The Morgan fingerprint density at radius 3 is 3.00 bits per heavy atom. The van der Waals surface area contributed by atoms with Crippen molar-refractivity contribution < 1.29 is 14.3 Å². The Balaban J connectivity index is 1.99. The number of carbonyl (C=O) groups excluding carboxylic acids is 1. The van der Waals surface area contributed by atoms with E-state index in [2.05, 4.69) is 0 Å². The molecule has 0 aliphatic carbocycles. The summed E-state index contributed by atoms with van der Waals surface area (Å²) in [7, 11) is 1.66. The summed E-state index contributed by atoms with van der Waals surface area (Å²) in [6.45, 7) is 3.04. The van der Waals surface area contributed by atoms with Crippen LogP contribution in [0.25, 0.3) is 0 Å². The molecule has 1 saturated heterocycles. The van der Waals surface area contributed by atoms with Crippen LogP contribution in [0.4, 0.5) is 10.5 Å². The molecule has 21 heavy (non-hydrogen) atoms. The second-order valence-corrected chi connectivity index (χ2v) is 5.30. The first kappa shape index (κ1) is 15.5. The number of carbonyl (C=O) groups is 1. The first-order chi connectivity index (χ1) is 10.2. The third kappa shape index (κ3) is 3.80. The van der Waals surface area contributed by atoms with E-state index < -0.39 is 0 Å². The summed E-state index contributed by atoms with van der Waals surface area (Å²) in [4.78, 5) is 13.8. The van der Waals surface area contributed by atoms with E-state index in [4.69, 9.17) is 15.2 Å². The SMILES string of the molecule is CCOC(=O)N1CCCC1CCc1cc(N)ccc1OC. The predicted octanol–water partition coefficient (Wildman–Crippen LogP) is 2.83. The van der Waals surface area contributed by atoms with E-state index in [-0.39, 0.29) is 12.1 Å². The summed E-state index contributed by atoms with van der Waals surface area (Å²) in [5, 5.41) is 0. The van der Waals surface area contributed by atoms with E-state index in [1.807, 2.05) is 30.0 Å². The Morgan fingerprint density at radius 2 is 2.29 bits per heavy atom. The normalized spacial score (nSPS) is 17.8. The first-order valence-corrected chi connectivity index (χ1v) is 7.51. The van der Waals surface area contributed by atoms with Gasteiger partial charge < -0.3 is 20.1 Å². The van der Waals surface area contributed by atoms with Gasteiger partial charge in [0.05, 0.1) is 13.7 Å². The number of rotatable bonds is 5. The zero-order chi connectivity index (χ0) is 15.2. The van der Waals surface area contributed by atoms with Crippen LogP contribution < -0.4 is 10.5 Å². The van der Waals surface area contributed by atoms with E-state index >= 15 is 0 Å². The number of benzene rings is 1. The number of methoxy groups -OCH3 is 1. The van der Waals surface area contributed by atoms with Crippen molar-refractivity contribution in [2.24, 2.45) is 0 Å². The molecule has 0 saturated carbocycles. The summed E-state index contributed by atoms with van der Waals surface area (Å²) in [5.74, 6) is 0.852. The average molecular weight is 292 g/mol. The lowest BCUT2D eigenvalue weighted by Gasteiger charge is -2.24. The topological polar surface area (TPSA) is 64.8 Å². The summed E-state index contributed by atoms with van der Waals surface area (Å²) in [6.07, 6.45) is 3.62. The fraction of sp³-hybridized carbons (Fsp3) is 0.562. The molecule has 2 rings (SSSR count). The van der Waals surface area contributed by atoms with Gasteiger partial charge in [-0.1, -0.05) is 0 Å². The van der Waals surface area contributed by atoms with Gasteiger partial charge in [-0.25, -0.2) is 4.79 Å².